The molecule has 96 valence electrons. The Morgan fingerprint density at radius 2 is 1.94 bits per heavy atom. The average Bonchev–Trinajstić information content (AvgIpc) is 2.21. The summed E-state index contributed by atoms with van der Waals surface area (Å²) < 4.78 is 1.25. The maximum atomic E-state index is 12.1. The van der Waals surface area contributed by atoms with E-state index in [9.17, 15) is 9.59 Å². The smallest absolute Gasteiger partial charge is 0.297 e. The quantitative estimate of drug-likeness (QED) is 0.652. The molecule has 0 aliphatic rings. The number of hydrogen-bond donors (Lipinski definition) is 1. The Labute approximate surface area is 106 Å². The zero-order chi connectivity index (χ0) is 13.0. The molecule has 0 aromatic carbocycles. The van der Waals surface area contributed by atoms with Crippen molar-refractivity contribution < 1.29 is 0 Å². The summed E-state index contributed by atoms with van der Waals surface area (Å²) in [6, 6.07) is 0. The van der Waals surface area contributed by atoms with Gasteiger partial charge in [0.25, 0.3) is 5.56 Å². The first-order valence-electron chi connectivity index (χ1n) is 6.01. The van der Waals surface area contributed by atoms with E-state index < -0.39 is 5.69 Å². The van der Waals surface area contributed by atoms with Crippen molar-refractivity contribution in [3.63, 3.8) is 0 Å². The Hall–Kier alpha value is -1.03. The Bertz CT molecular complexity index is 488. The maximum Gasteiger partial charge on any atom is 0.329 e. The summed E-state index contributed by atoms with van der Waals surface area (Å²) in [4.78, 5) is 26.3. The van der Waals surface area contributed by atoms with Gasteiger partial charge >= 0.3 is 5.69 Å². The van der Waals surface area contributed by atoms with E-state index in [2.05, 4.69) is 11.9 Å². The van der Waals surface area contributed by atoms with Gasteiger partial charge in [-0.05, 0) is 12.3 Å². The molecule has 0 amide bonds. The highest BCUT2D eigenvalue weighted by Gasteiger charge is 2.15. The number of nitrogens with zero attached hydrogens (tertiary/aromatic N) is 1. The van der Waals surface area contributed by atoms with Crippen molar-refractivity contribution >= 4 is 11.6 Å². The summed E-state index contributed by atoms with van der Waals surface area (Å²) in [6.07, 6.45) is 2.89. The van der Waals surface area contributed by atoms with Gasteiger partial charge in [0.1, 0.15) is 5.15 Å². The summed E-state index contributed by atoms with van der Waals surface area (Å²) >= 11 is 5.89. The van der Waals surface area contributed by atoms with E-state index >= 15 is 0 Å². The lowest BCUT2D eigenvalue weighted by atomic mass is 10.1. The van der Waals surface area contributed by atoms with Crippen LogP contribution in [-0.4, -0.2) is 9.55 Å². The molecular weight excluding hydrogens is 240 g/mol. The van der Waals surface area contributed by atoms with Gasteiger partial charge in [-0.25, -0.2) is 4.79 Å². The van der Waals surface area contributed by atoms with E-state index in [0.29, 0.717) is 12.1 Å². The van der Waals surface area contributed by atoms with Crippen LogP contribution in [0, 0.1) is 0 Å². The average molecular weight is 259 g/mol. The molecule has 0 saturated heterocycles. The molecule has 0 spiro atoms. The molecule has 1 rings (SSSR count). The summed E-state index contributed by atoms with van der Waals surface area (Å²) in [5, 5.41) is 0.168. The number of aromatic nitrogens is 2. The Balaban J connectivity index is 3.17. The van der Waals surface area contributed by atoms with Gasteiger partial charge in [0, 0.05) is 6.54 Å². The van der Waals surface area contributed by atoms with Crippen LogP contribution in [0.2, 0.25) is 5.15 Å². The molecule has 1 N–H and O–H groups in total. The summed E-state index contributed by atoms with van der Waals surface area (Å²) in [7, 11) is 0. The van der Waals surface area contributed by atoms with Crippen LogP contribution >= 0.6 is 11.6 Å². The van der Waals surface area contributed by atoms with Gasteiger partial charge in [-0.1, -0.05) is 45.2 Å². The first-order chi connectivity index (χ1) is 7.99. The van der Waals surface area contributed by atoms with Crippen molar-refractivity contribution in [2.24, 2.45) is 0 Å². The van der Waals surface area contributed by atoms with Crippen LogP contribution < -0.4 is 11.2 Å². The molecule has 1 aromatic rings. The summed E-state index contributed by atoms with van der Waals surface area (Å²) in [6.45, 7) is 6.31. The van der Waals surface area contributed by atoms with E-state index in [1.54, 1.807) is 0 Å². The zero-order valence-corrected chi connectivity index (χ0v) is 11.3. The van der Waals surface area contributed by atoms with Gasteiger partial charge in [0.2, 0.25) is 0 Å². The van der Waals surface area contributed by atoms with Crippen LogP contribution in [0.5, 0.6) is 0 Å². The highest BCUT2D eigenvalue weighted by Crippen LogP contribution is 2.16. The minimum Gasteiger partial charge on any atom is -0.297 e. The topological polar surface area (TPSA) is 54.9 Å². The lowest BCUT2D eigenvalue weighted by molar-refractivity contribution is 0.555. The fraction of sp³-hybridized carbons (Fsp3) is 0.667. The number of hydrogen-bond acceptors (Lipinski definition) is 2. The van der Waals surface area contributed by atoms with Crippen molar-refractivity contribution in [1.82, 2.24) is 9.55 Å². The molecule has 1 heterocycles. The van der Waals surface area contributed by atoms with Crippen LogP contribution in [0.15, 0.2) is 9.59 Å². The van der Waals surface area contributed by atoms with Gasteiger partial charge in [-0.15, -0.1) is 0 Å². The van der Waals surface area contributed by atoms with Crippen molar-refractivity contribution in [2.45, 2.75) is 52.5 Å². The van der Waals surface area contributed by atoms with Gasteiger partial charge in [0.05, 0.1) is 5.56 Å². The summed E-state index contributed by atoms with van der Waals surface area (Å²) in [5.74, 6) is 0.00396. The molecule has 5 heteroatoms. The van der Waals surface area contributed by atoms with Crippen molar-refractivity contribution in [3.05, 3.63) is 31.6 Å². The van der Waals surface area contributed by atoms with Crippen molar-refractivity contribution in [2.75, 3.05) is 0 Å². The van der Waals surface area contributed by atoms with E-state index in [1.807, 2.05) is 13.8 Å². The fourth-order valence-electron chi connectivity index (χ4n) is 1.78. The van der Waals surface area contributed by atoms with Crippen molar-refractivity contribution in [1.29, 1.82) is 0 Å². The van der Waals surface area contributed by atoms with Crippen LogP contribution in [-0.2, 0) is 6.54 Å². The standard InChI is InChI=1S/C12H19ClN2O2/c1-4-5-6-7-15-11(16)9(8(2)3)10(13)14-12(15)17/h8H,4-7H2,1-3H3,(H,14,17). The SMILES string of the molecule is CCCCCn1c(=O)[nH]c(Cl)c(C(C)C)c1=O. The van der Waals surface area contributed by atoms with Crippen LogP contribution in [0.1, 0.15) is 51.5 Å². The van der Waals surface area contributed by atoms with Crippen LogP contribution in [0.4, 0.5) is 0 Å². The first kappa shape index (κ1) is 14.0. The molecule has 0 atom stereocenters. The third kappa shape index (κ3) is 3.22. The predicted octanol–water partition coefficient (Wildman–Crippen LogP) is 2.50. The summed E-state index contributed by atoms with van der Waals surface area (Å²) in [5.41, 5.74) is -0.187. The zero-order valence-electron chi connectivity index (χ0n) is 10.5. The Morgan fingerprint density at radius 1 is 1.29 bits per heavy atom. The molecule has 0 unspecified atom stereocenters. The normalized spacial score (nSPS) is 11.1. The lowest BCUT2D eigenvalue weighted by Crippen LogP contribution is -2.37. The highest BCUT2D eigenvalue weighted by atomic mass is 35.5. The van der Waals surface area contributed by atoms with Gasteiger partial charge < -0.3 is 0 Å². The first-order valence-corrected chi connectivity index (χ1v) is 6.39. The maximum absolute atomic E-state index is 12.1. The largest absolute Gasteiger partial charge is 0.329 e. The van der Waals surface area contributed by atoms with E-state index in [4.69, 9.17) is 11.6 Å². The molecule has 4 nitrogen and oxygen atoms in total. The van der Waals surface area contributed by atoms with E-state index in [0.717, 1.165) is 19.3 Å². The van der Waals surface area contributed by atoms with Gasteiger partial charge in [0.15, 0.2) is 0 Å². The second kappa shape index (κ2) is 6.05. The Kier molecular flexibility index (Phi) is 5.00. The molecule has 17 heavy (non-hydrogen) atoms. The van der Waals surface area contributed by atoms with Crippen LogP contribution in [0.3, 0.4) is 0 Å². The third-order valence-corrected chi connectivity index (χ3v) is 3.03. The van der Waals surface area contributed by atoms with Crippen LogP contribution in [0.25, 0.3) is 0 Å². The minimum absolute atomic E-state index is 0.00396. The third-order valence-electron chi connectivity index (χ3n) is 2.74. The van der Waals surface area contributed by atoms with E-state index in [-0.39, 0.29) is 16.6 Å². The molecule has 0 radical (unpaired) electrons. The second-order valence-electron chi connectivity index (χ2n) is 4.48. The molecule has 1 aromatic heterocycles. The molecule has 0 saturated carbocycles. The molecule has 0 fully saturated rings. The number of rotatable bonds is 5. The number of unbranched alkanes of at least 4 members (excludes halogenated alkanes) is 2. The van der Waals surface area contributed by atoms with E-state index in [1.165, 1.54) is 4.57 Å². The molecular formula is C12H19ClN2O2. The second-order valence-corrected chi connectivity index (χ2v) is 4.85. The minimum atomic E-state index is -0.416. The predicted molar refractivity (Wildman–Crippen MR) is 69.9 cm³/mol. The monoisotopic (exact) mass is 258 g/mol. The van der Waals surface area contributed by atoms with Gasteiger partial charge in [-0.2, -0.15) is 0 Å². The highest BCUT2D eigenvalue weighted by molar-refractivity contribution is 6.30. The number of halogens is 1. The molecule has 0 bridgehead atoms. The Morgan fingerprint density at radius 3 is 2.47 bits per heavy atom. The lowest BCUT2D eigenvalue weighted by Gasteiger charge is -2.10. The number of H-pyrrole nitrogens is 1. The number of aromatic amines is 1. The molecule has 0 aliphatic carbocycles. The van der Waals surface area contributed by atoms with Crippen molar-refractivity contribution in [3.8, 4) is 0 Å². The fourth-order valence-corrected chi connectivity index (χ4v) is 2.16. The molecule has 0 aliphatic heterocycles. The number of nitrogens with one attached hydrogen (secondary N) is 1. The van der Waals surface area contributed by atoms with Gasteiger partial charge in [-0.3, -0.25) is 14.3 Å².